The number of fused-ring (bicyclic) bond motifs is 5. The molecule has 150 valence electrons. The van der Waals surface area contributed by atoms with Gasteiger partial charge in [-0.3, -0.25) is 0 Å². The second-order valence-electron chi connectivity index (χ2n) is 8.75. The molecule has 0 saturated carbocycles. The lowest BCUT2D eigenvalue weighted by Crippen LogP contribution is -2.33. The Labute approximate surface area is 169 Å². The largest absolute Gasteiger partial charge is 0.392 e. The summed E-state index contributed by atoms with van der Waals surface area (Å²) >= 11 is 1.63. The van der Waals surface area contributed by atoms with Crippen molar-refractivity contribution < 1.29 is 9.84 Å². The van der Waals surface area contributed by atoms with Crippen molar-refractivity contribution >= 4 is 37.6 Å². The lowest BCUT2D eigenvalue weighted by molar-refractivity contribution is -0.0402. The van der Waals surface area contributed by atoms with E-state index in [0.717, 1.165) is 44.8 Å². The van der Waals surface area contributed by atoms with Crippen molar-refractivity contribution in [2.45, 2.75) is 65.8 Å². The first-order chi connectivity index (χ1) is 13.2. The molecule has 3 aromatic heterocycles. The van der Waals surface area contributed by atoms with Crippen LogP contribution in [-0.2, 0) is 24.2 Å². The molecule has 0 bridgehead atoms. The average molecular weight is 401 g/mol. The van der Waals surface area contributed by atoms with Crippen molar-refractivity contribution in [1.82, 2.24) is 15.0 Å². The number of thiophene rings is 1. The molecular formula is C21H28N4O2S. The first-order valence-electron chi connectivity index (χ1n) is 9.89. The molecule has 7 heteroatoms. The molecule has 0 aliphatic carbocycles. The zero-order valence-corrected chi connectivity index (χ0v) is 18.0. The fourth-order valence-corrected chi connectivity index (χ4v) is 4.94. The normalized spacial score (nSPS) is 17.2. The number of aliphatic hydroxyl groups is 1. The Morgan fingerprint density at radius 1 is 1.25 bits per heavy atom. The van der Waals surface area contributed by atoms with Crippen molar-refractivity contribution in [3.05, 3.63) is 23.1 Å². The highest BCUT2D eigenvalue weighted by molar-refractivity contribution is 7.26. The summed E-state index contributed by atoms with van der Waals surface area (Å²) in [5, 5.41) is 14.0. The molecule has 0 unspecified atom stereocenters. The maximum atomic E-state index is 9.63. The Bertz CT molecular complexity index is 1030. The summed E-state index contributed by atoms with van der Waals surface area (Å²) in [7, 11) is 0. The summed E-state index contributed by atoms with van der Waals surface area (Å²) in [5.41, 5.74) is 4.44. The number of hydrogen-bond donors (Lipinski definition) is 2. The topological polar surface area (TPSA) is 80.2 Å². The smallest absolute Gasteiger partial charge is 0.147 e. The van der Waals surface area contributed by atoms with Crippen LogP contribution in [0, 0.1) is 5.92 Å². The Hall–Kier alpha value is -1.83. The Kier molecular flexibility index (Phi) is 5.02. The van der Waals surface area contributed by atoms with E-state index < -0.39 is 6.10 Å². The second-order valence-corrected chi connectivity index (χ2v) is 9.75. The van der Waals surface area contributed by atoms with E-state index in [0.29, 0.717) is 19.1 Å². The van der Waals surface area contributed by atoms with Gasteiger partial charge < -0.3 is 15.2 Å². The van der Waals surface area contributed by atoms with Gasteiger partial charge in [-0.15, -0.1) is 11.3 Å². The van der Waals surface area contributed by atoms with E-state index in [2.05, 4.69) is 43.0 Å². The van der Waals surface area contributed by atoms with Gasteiger partial charge >= 0.3 is 0 Å². The van der Waals surface area contributed by atoms with Gasteiger partial charge in [0.1, 0.15) is 17.0 Å². The first-order valence-corrected chi connectivity index (χ1v) is 10.7. The van der Waals surface area contributed by atoms with Crippen LogP contribution in [0.25, 0.3) is 20.4 Å². The standard InChI is InChI=1S/C21H28N4O2S/c1-11(2)6-15-14-9-27-21(4,5)7-13(14)16-17-18(28-20(16)25-15)19(24-10-23-17)22-8-12(3)26/h10-12,26H,6-9H2,1-5H3,(H,22,23,24)/t12-/m1/s1. The number of rotatable bonds is 5. The summed E-state index contributed by atoms with van der Waals surface area (Å²) in [5.74, 6) is 1.29. The van der Waals surface area contributed by atoms with Crippen LogP contribution in [0.1, 0.15) is 51.4 Å². The molecule has 0 fully saturated rings. The molecular weight excluding hydrogens is 372 g/mol. The molecule has 3 aromatic rings. The molecule has 4 heterocycles. The van der Waals surface area contributed by atoms with E-state index >= 15 is 0 Å². The van der Waals surface area contributed by atoms with E-state index in [-0.39, 0.29) is 5.60 Å². The van der Waals surface area contributed by atoms with Gasteiger partial charge in [0.05, 0.1) is 28.5 Å². The Morgan fingerprint density at radius 2 is 2.04 bits per heavy atom. The SMILES string of the molecule is CC(C)Cc1nc2sc3c(NC[C@@H](C)O)ncnc3c2c2c1COC(C)(C)C2. The summed E-state index contributed by atoms with van der Waals surface area (Å²) in [6.45, 7) is 11.5. The molecule has 0 aromatic carbocycles. The molecule has 28 heavy (non-hydrogen) atoms. The van der Waals surface area contributed by atoms with Crippen molar-refractivity contribution in [3.8, 4) is 0 Å². The molecule has 1 aliphatic heterocycles. The molecule has 2 N–H and O–H groups in total. The summed E-state index contributed by atoms with van der Waals surface area (Å²) in [6.07, 6.45) is 2.94. The van der Waals surface area contributed by atoms with Crippen LogP contribution in [0.2, 0.25) is 0 Å². The highest BCUT2D eigenvalue weighted by Crippen LogP contribution is 2.42. The zero-order valence-electron chi connectivity index (χ0n) is 17.2. The lowest BCUT2D eigenvalue weighted by Gasteiger charge is -2.33. The molecule has 0 saturated heterocycles. The van der Waals surface area contributed by atoms with Gasteiger partial charge in [0.15, 0.2) is 0 Å². The summed E-state index contributed by atoms with van der Waals surface area (Å²) < 4.78 is 7.13. The number of anilines is 1. The Balaban J connectivity index is 1.95. The van der Waals surface area contributed by atoms with Crippen LogP contribution < -0.4 is 5.32 Å². The Morgan fingerprint density at radius 3 is 2.75 bits per heavy atom. The number of nitrogens with one attached hydrogen (secondary N) is 1. The van der Waals surface area contributed by atoms with Crippen LogP contribution >= 0.6 is 11.3 Å². The number of hydrogen-bond acceptors (Lipinski definition) is 7. The minimum Gasteiger partial charge on any atom is -0.392 e. The fourth-order valence-electron chi connectivity index (χ4n) is 3.80. The number of ether oxygens (including phenoxy) is 1. The third-order valence-corrected chi connectivity index (χ3v) is 6.16. The third kappa shape index (κ3) is 3.58. The van der Waals surface area contributed by atoms with Crippen LogP contribution in [0.3, 0.4) is 0 Å². The van der Waals surface area contributed by atoms with Crippen LogP contribution in [0.4, 0.5) is 5.82 Å². The van der Waals surface area contributed by atoms with Gasteiger partial charge in [0.25, 0.3) is 0 Å². The highest BCUT2D eigenvalue weighted by Gasteiger charge is 2.31. The van der Waals surface area contributed by atoms with E-state index in [4.69, 9.17) is 9.72 Å². The zero-order chi connectivity index (χ0) is 20.1. The van der Waals surface area contributed by atoms with Gasteiger partial charge in [-0.2, -0.15) is 0 Å². The average Bonchev–Trinajstić information content (AvgIpc) is 2.97. The number of pyridine rings is 1. The van der Waals surface area contributed by atoms with Crippen molar-refractivity contribution in [1.29, 1.82) is 0 Å². The molecule has 1 aliphatic rings. The van der Waals surface area contributed by atoms with Crippen molar-refractivity contribution in [2.75, 3.05) is 11.9 Å². The first kappa shape index (κ1) is 19.5. The summed E-state index contributed by atoms with van der Waals surface area (Å²) in [6, 6.07) is 0. The van der Waals surface area contributed by atoms with E-state index in [1.54, 1.807) is 24.6 Å². The number of nitrogens with zero attached hydrogens (tertiary/aromatic N) is 3. The fraction of sp³-hybridized carbons (Fsp3) is 0.571. The van der Waals surface area contributed by atoms with Crippen LogP contribution in [0.15, 0.2) is 6.33 Å². The minimum atomic E-state index is -0.444. The van der Waals surface area contributed by atoms with Gasteiger partial charge in [0, 0.05) is 29.6 Å². The number of aromatic nitrogens is 3. The third-order valence-electron chi connectivity index (χ3n) is 5.08. The predicted molar refractivity (Wildman–Crippen MR) is 114 cm³/mol. The van der Waals surface area contributed by atoms with Crippen LogP contribution in [-0.4, -0.2) is 38.3 Å². The monoisotopic (exact) mass is 400 g/mol. The van der Waals surface area contributed by atoms with Gasteiger partial charge in [-0.25, -0.2) is 15.0 Å². The summed E-state index contributed by atoms with van der Waals surface area (Å²) in [4.78, 5) is 15.1. The van der Waals surface area contributed by atoms with Gasteiger partial charge in [-0.05, 0) is 38.7 Å². The van der Waals surface area contributed by atoms with E-state index in [9.17, 15) is 5.11 Å². The molecule has 6 nitrogen and oxygen atoms in total. The lowest BCUT2D eigenvalue weighted by atomic mass is 9.88. The van der Waals surface area contributed by atoms with E-state index in [1.165, 1.54) is 11.1 Å². The van der Waals surface area contributed by atoms with Crippen LogP contribution in [0.5, 0.6) is 0 Å². The minimum absolute atomic E-state index is 0.203. The second kappa shape index (κ2) is 7.21. The highest BCUT2D eigenvalue weighted by atomic mass is 32.1. The quantitative estimate of drug-likeness (QED) is 0.672. The molecule has 0 amide bonds. The molecule has 4 rings (SSSR count). The number of aliphatic hydroxyl groups excluding tert-OH is 1. The molecule has 0 radical (unpaired) electrons. The maximum absolute atomic E-state index is 9.63. The van der Waals surface area contributed by atoms with Gasteiger partial charge in [0.2, 0.25) is 0 Å². The van der Waals surface area contributed by atoms with Gasteiger partial charge in [-0.1, -0.05) is 13.8 Å². The van der Waals surface area contributed by atoms with Crippen molar-refractivity contribution in [3.63, 3.8) is 0 Å². The van der Waals surface area contributed by atoms with E-state index in [1.807, 2.05) is 0 Å². The molecule has 0 spiro atoms. The maximum Gasteiger partial charge on any atom is 0.147 e. The predicted octanol–water partition coefficient (Wildman–Crippen LogP) is 4.08. The van der Waals surface area contributed by atoms with Crippen molar-refractivity contribution in [2.24, 2.45) is 5.92 Å². The molecule has 1 atom stereocenters.